The van der Waals surface area contributed by atoms with Crippen LogP contribution in [0.2, 0.25) is 0 Å². The Kier molecular flexibility index (Phi) is 2.80. The molecule has 0 saturated carbocycles. The molecule has 22 heavy (non-hydrogen) atoms. The Hall–Kier alpha value is -2.28. The largest absolute Gasteiger partial charge is 0.465 e. The lowest BCUT2D eigenvalue weighted by Crippen LogP contribution is -2.38. The van der Waals surface area contributed by atoms with Gasteiger partial charge >= 0.3 is 0 Å². The number of aromatic nitrogens is 1. The van der Waals surface area contributed by atoms with E-state index in [1.807, 2.05) is 18.2 Å². The van der Waals surface area contributed by atoms with Crippen molar-refractivity contribution >= 4 is 27.6 Å². The van der Waals surface area contributed by atoms with E-state index in [1.54, 1.807) is 12.3 Å². The van der Waals surface area contributed by atoms with Gasteiger partial charge in [-0.1, -0.05) is 0 Å². The summed E-state index contributed by atoms with van der Waals surface area (Å²) in [6.45, 7) is 0.468. The fourth-order valence-corrected chi connectivity index (χ4v) is 3.31. The second kappa shape index (κ2) is 4.61. The van der Waals surface area contributed by atoms with Crippen LogP contribution in [0.5, 0.6) is 11.6 Å². The van der Waals surface area contributed by atoms with E-state index < -0.39 is 5.54 Å². The highest BCUT2D eigenvalue weighted by Gasteiger charge is 2.45. The van der Waals surface area contributed by atoms with E-state index in [2.05, 4.69) is 25.9 Å². The number of amidine groups is 1. The van der Waals surface area contributed by atoms with Gasteiger partial charge in [0.05, 0.1) is 6.61 Å². The summed E-state index contributed by atoms with van der Waals surface area (Å²) in [6.07, 6.45) is 2.33. The van der Waals surface area contributed by atoms with Gasteiger partial charge in [-0.05, 0) is 40.2 Å². The second-order valence-electron chi connectivity index (χ2n) is 5.27. The maximum atomic E-state index is 5.96. The van der Waals surface area contributed by atoms with Crippen molar-refractivity contribution in [1.29, 1.82) is 0 Å². The molecule has 1 aromatic heterocycles. The molecule has 3 heterocycles. The Balaban J connectivity index is 2.05. The van der Waals surface area contributed by atoms with Crippen molar-refractivity contribution in [2.45, 2.75) is 12.0 Å². The van der Waals surface area contributed by atoms with Gasteiger partial charge in [0.25, 0.3) is 6.02 Å². The zero-order chi connectivity index (χ0) is 15.3. The molecule has 1 aromatic carbocycles. The monoisotopic (exact) mass is 360 g/mol. The van der Waals surface area contributed by atoms with Crippen molar-refractivity contribution < 1.29 is 9.47 Å². The van der Waals surface area contributed by atoms with Gasteiger partial charge in [-0.3, -0.25) is 0 Å². The van der Waals surface area contributed by atoms with Gasteiger partial charge in [-0.15, -0.1) is 0 Å². The summed E-state index contributed by atoms with van der Waals surface area (Å²) in [5.74, 6) is 1.22. The number of anilines is 1. The van der Waals surface area contributed by atoms with E-state index in [1.165, 1.54) is 0 Å². The second-order valence-corrected chi connectivity index (χ2v) is 6.19. The third-order valence-corrected chi connectivity index (χ3v) is 4.37. The summed E-state index contributed by atoms with van der Waals surface area (Å²) in [5, 5.41) is 0. The lowest BCUT2D eigenvalue weighted by atomic mass is 9.78. The first-order valence-electron chi connectivity index (χ1n) is 6.80. The molecule has 2 aliphatic rings. The minimum absolute atomic E-state index is 0.160. The third-order valence-electron chi connectivity index (χ3n) is 3.93. The normalized spacial score (nSPS) is 22.1. The average Bonchev–Trinajstić information content (AvgIpc) is 2.49. The molecule has 0 unspecified atom stereocenters. The summed E-state index contributed by atoms with van der Waals surface area (Å²) >= 11 is 3.46. The molecule has 2 aliphatic heterocycles. The zero-order valence-electron chi connectivity index (χ0n) is 11.5. The number of benzene rings is 1. The Morgan fingerprint density at radius 2 is 2.05 bits per heavy atom. The van der Waals surface area contributed by atoms with Crippen LogP contribution in [0, 0.1) is 0 Å². The molecule has 0 aliphatic carbocycles. The quantitative estimate of drug-likeness (QED) is 0.703. The minimum Gasteiger partial charge on any atom is -0.465 e. The molecule has 0 saturated heterocycles. The Morgan fingerprint density at radius 1 is 1.18 bits per heavy atom. The van der Waals surface area contributed by atoms with Crippen molar-refractivity contribution in [1.82, 2.24) is 4.98 Å². The topological polar surface area (TPSA) is 95.8 Å². The summed E-state index contributed by atoms with van der Waals surface area (Å²) in [5.41, 5.74) is 13.5. The van der Waals surface area contributed by atoms with E-state index in [-0.39, 0.29) is 6.02 Å². The summed E-state index contributed by atoms with van der Waals surface area (Å²) in [4.78, 5) is 8.98. The van der Waals surface area contributed by atoms with E-state index in [4.69, 9.17) is 20.9 Å². The van der Waals surface area contributed by atoms with Crippen molar-refractivity contribution in [3.63, 3.8) is 0 Å². The number of hydrogen-bond acceptors (Lipinski definition) is 6. The molecule has 0 amide bonds. The number of aliphatic imine (C=N–C) groups is 1. The van der Waals surface area contributed by atoms with E-state index >= 15 is 0 Å². The smallest absolute Gasteiger partial charge is 0.283 e. The van der Waals surface area contributed by atoms with E-state index in [9.17, 15) is 0 Å². The van der Waals surface area contributed by atoms with Crippen LogP contribution in [0.3, 0.4) is 0 Å². The molecule has 0 fully saturated rings. The van der Waals surface area contributed by atoms with Gasteiger partial charge in [-0.25, -0.2) is 9.98 Å². The Morgan fingerprint density at radius 3 is 2.86 bits per heavy atom. The zero-order valence-corrected chi connectivity index (χ0v) is 13.1. The molecule has 0 radical (unpaired) electrons. The number of hydrogen-bond donors (Lipinski definition) is 2. The summed E-state index contributed by atoms with van der Waals surface area (Å²) in [6, 6.07) is 7.62. The van der Waals surface area contributed by atoms with Crippen LogP contribution in [0.4, 0.5) is 5.69 Å². The fraction of sp³-hybridized carbons (Fsp3) is 0.200. The van der Waals surface area contributed by atoms with Crippen LogP contribution in [0.25, 0.3) is 0 Å². The van der Waals surface area contributed by atoms with E-state index in [0.29, 0.717) is 30.3 Å². The Labute approximate surface area is 135 Å². The summed E-state index contributed by atoms with van der Waals surface area (Å²) in [7, 11) is 0. The SMILES string of the molecule is NC1=N[C@@]2(CCO1)c1cc(N)ccc1Oc1ncc(Br)cc12. The van der Waals surface area contributed by atoms with Crippen molar-refractivity contribution in [2.75, 3.05) is 12.3 Å². The van der Waals surface area contributed by atoms with Gasteiger partial charge in [0.1, 0.15) is 11.3 Å². The predicted molar refractivity (Wildman–Crippen MR) is 85.8 cm³/mol. The maximum absolute atomic E-state index is 5.96. The third kappa shape index (κ3) is 1.85. The molecule has 4 N–H and O–H groups in total. The number of nitrogen functional groups attached to an aromatic ring is 1. The number of pyridine rings is 1. The maximum Gasteiger partial charge on any atom is 0.283 e. The number of halogens is 1. The molecular formula is C15H13BrN4O2. The minimum atomic E-state index is -0.683. The highest BCUT2D eigenvalue weighted by atomic mass is 79.9. The van der Waals surface area contributed by atoms with E-state index in [0.717, 1.165) is 15.6 Å². The standard InChI is InChI=1S/C15H13BrN4O2/c16-8-5-11-13(19-7-8)22-12-2-1-9(17)6-10(12)15(11)3-4-21-14(18)20-15/h1-2,5-7H,3-4,17H2,(H2,18,20)/t15-/m0/s1. The number of nitrogens with zero attached hydrogens (tertiary/aromatic N) is 2. The number of ether oxygens (including phenoxy) is 2. The van der Waals surface area contributed by atoms with Crippen molar-refractivity contribution in [3.05, 3.63) is 46.1 Å². The molecule has 4 rings (SSSR count). The molecule has 0 bridgehead atoms. The van der Waals surface area contributed by atoms with Crippen molar-refractivity contribution in [3.8, 4) is 11.6 Å². The molecule has 6 nitrogen and oxygen atoms in total. The molecule has 112 valence electrons. The summed E-state index contributed by atoms with van der Waals surface area (Å²) < 4.78 is 12.1. The first-order chi connectivity index (χ1) is 10.6. The molecule has 1 atom stereocenters. The van der Waals surface area contributed by atoms with Crippen LogP contribution in [-0.4, -0.2) is 17.6 Å². The van der Waals surface area contributed by atoms with Crippen molar-refractivity contribution in [2.24, 2.45) is 10.7 Å². The number of rotatable bonds is 0. The highest BCUT2D eigenvalue weighted by Crippen LogP contribution is 2.51. The Bertz CT molecular complexity index is 755. The van der Waals surface area contributed by atoms with Gasteiger partial charge in [0.2, 0.25) is 5.88 Å². The van der Waals surface area contributed by atoms with Gasteiger partial charge in [-0.2, -0.15) is 0 Å². The first-order valence-corrected chi connectivity index (χ1v) is 7.60. The van der Waals surface area contributed by atoms with Gasteiger partial charge in [0, 0.05) is 33.9 Å². The predicted octanol–water partition coefficient (Wildman–Crippen LogP) is 2.51. The van der Waals surface area contributed by atoms with Crippen LogP contribution in [-0.2, 0) is 10.3 Å². The molecule has 7 heteroatoms. The van der Waals surface area contributed by atoms with Crippen LogP contribution in [0.1, 0.15) is 17.5 Å². The fourth-order valence-electron chi connectivity index (χ4n) is 2.98. The highest BCUT2D eigenvalue weighted by molar-refractivity contribution is 9.10. The number of fused-ring (bicyclic) bond motifs is 4. The lowest BCUT2D eigenvalue weighted by Gasteiger charge is -2.38. The molecule has 1 spiro atoms. The van der Waals surface area contributed by atoms with Crippen LogP contribution >= 0.6 is 15.9 Å². The van der Waals surface area contributed by atoms with Gasteiger partial charge < -0.3 is 20.9 Å². The van der Waals surface area contributed by atoms with Gasteiger partial charge in [0.15, 0.2) is 0 Å². The van der Waals surface area contributed by atoms with Crippen LogP contribution < -0.4 is 16.2 Å². The number of nitrogens with two attached hydrogens (primary N) is 2. The first kappa shape index (κ1) is 13.4. The molecule has 2 aromatic rings. The van der Waals surface area contributed by atoms with Crippen LogP contribution in [0.15, 0.2) is 39.9 Å². The lowest BCUT2D eigenvalue weighted by molar-refractivity contribution is 0.218. The molecular weight excluding hydrogens is 348 g/mol. The average molecular weight is 361 g/mol.